The summed E-state index contributed by atoms with van der Waals surface area (Å²) in [5.74, 6) is -0.322. The molecule has 0 bridgehead atoms. The van der Waals surface area contributed by atoms with E-state index in [0.29, 0.717) is 25.8 Å². The van der Waals surface area contributed by atoms with Gasteiger partial charge in [0.05, 0.1) is 6.04 Å². The minimum atomic E-state index is -3.70. The molecule has 0 aromatic heterocycles. The van der Waals surface area contributed by atoms with Crippen LogP contribution in [0.4, 0.5) is 0 Å². The zero-order chi connectivity index (χ0) is 21.6. The summed E-state index contributed by atoms with van der Waals surface area (Å²) in [6, 6.07) is -1.08. The van der Waals surface area contributed by atoms with Crippen molar-refractivity contribution in [3.63, 3.8) is 0 Å². The second-order valence-electron chi connectivity index (χ2n) is 9.18. The normalized spacial score (nSPS) is 33.7. The van der Waals surface area contributed by atoms with Gasteiger partial charge < -0.3 is 26.8 Å². The van der Waals surface area contributed by atoms with Crippen LogP contribution in [0.1, 0.15) is 46.0 Å². The number of nitrogens with one attached hydrogen (secondary N) is 1. The zero-order valence-corrected chi connectivity index (χ0v) is 18.0. The number of carbonyl (C=O) groups excluding carboxylic acids is 1. The van der Waals surface area contributed by atoms with Gasteiger partial charge in [0.25, 0.3) is 10.2 Å². The van der Waals surface area contributed by atoms with E-state index in [1.54, 1.807) is 11.2 Å². The molecule has 1 amide bonds. The monoisotopic (exact) mass is 431 g/mol. The van der Waals surface area contributed by atoms with Crippen molar-refractivity contribution >= 4 is 23.2 Å². The predicted molar refractivity (Wildman–Crippen MR) is 110 cm³/mol. The van der Waals surface area contributed by atoms with E-state index in [1.807, 2.05) is 6.92 Å². The van der Waals surface area contributed by atoms with E-state index in [9.17, 15) is 13.2 Å². The molecule has 2 aliphatic carbocycles. The molecule has 0 aromatic carbocycles. The van der Waals surface area contributed by atoms with E-state index in [0.717, 1.165) is 12.8 Å². The van der Waals surface area contributed by atoms with Crippen molar-refractivity contribution in [3.8, 4) is 0 Å². The van der Waals surface area contributed by atoms with Crippen LogP contribution in [0.15, 0.2) is 0 Å². The Labute approximate surface area is 173 Å². The van der Waals surface area contributed by atoms with Crippen LogP contribution in [0.2, 0.25) is 6.32 Å². The SMILES string of the molecule is C[C@H](N)C(=O)N[C@@H]1C[C@H]1N(C1CC1)S(=O)(=O)N1C[C@H](CCCB(O)O)[C@@](C)(N)C1. The van der Waals surface area contributed by atoms with Crippen molar-refractivity contribution < 1.29 is 23.3 Å². The lowest BCUT2D eigenvalue weighted by atomic mass is 9.79. The molecule has 0 radical (unpaired) electrons. The van der Waals surface area contributed by atoms with Gasteiger partial charge in [0.15, 0.2) is 0 Å². The van der Waals surface area contributed by atoms with Crippen LogP contribution in [0.25, 0.3) is 0 Å². The van der Waals surface area contributed by atoms with Gasteiger partial charge in [-0.1, -0.05) is 6.42 Å². The van der Waals surface area contributed by atoms with Crippen LogP contribution in [-0.2, 0) is 15.0 Å². The van der Waals surface area contributed by atoms with Crippen molar-refractivity contribution in [1.82, 2.24) is 13.9 Å². The summed E-state index contributed by atoms with van der Waals surface area (Å²) in [5, 5.41) is 20.9. The first kappa shape index (κ1) is 22.9. The first-order valence-corrected chi connectivity index (χ1v) is 11.8. The van der Waals surface area contributed by atoms with Gasteiger partial charge >= 0.3 is 7.12 Å². The molecular weight excluding hydrogens is 397 g/mol. The molecule has 7 N–H and O–H groups in total. The predicted octanol–water partition coefficient (Wildman–Crippen LogP) is -1.80. The molecule has 3 fully saturated rings. The van der Waals surface area contributed by atoms with Crippen LogP contribution >= 0.6 is 0 Å². The summed E-state index contributed by atoms with van der Waals surface area (Å²) in [6.45, 7) is 4.01. The van der Waals surface area contributed by atoms with Crippen molar-refractivity contribution in [1.29, 1.82) is 0 Å². The van der Waals surface area contributed by atoms with Crippen LogP contribution < -0.4 is 16.8 Å². The standard InChI is InChI=1S/C17H34BN5O5S/c1-11(19)16(24)21-14-8-15(14)23(13-5-6-13)29(27,28)22-9-12(17(2,20)10-22)4-3-7-18(25)26/h11-15,25-26H,3-10,19-20H2,1-2H3,(H,21,24)/t11-,12-,14+,15+,17-/m0/s1. The van der Waals surface area contributed by atoms with Gasteiger partial charge in [-0.3, -0.25) is 4.79 Å². The van der Waals surface area contributed by atoms with Crippen LogP contribution in [-0.4, -0.2) is 82.9 Å². The second kappa shape index (κ2) is 8.41. The highest BCUT2D eigenvalue weighted by Crippen LogP contribution is 2.42. The number of nitrogens with zero attached hydrogens (tertiary/aromatic N) is 2. The van der Waals surface area contributed by atoms with Crippen molar-refractivity contribution in [2.45, 2.75) is 82.0 Å². The molecule has 29 heavy (non-hydrogen) atoms. The molecule has 166 valence electrons. The minimum absolute atomic E-state index is 0.0187. The Morgan fingerprint density at radius 3 is 2.62 bits per heavy atom. The van der Waals surface area contributed by atoms with Crippen molar-refractivity contribution in [3.05, 3.63) is 0 Å². The van der Waals surface area contributed by atoms with Gasteiger partial charge in [0, 0.05) is 36.8 Å². The maximum absolute atomic E-state index is 13.5. The lowest BCUT2D eigenvalue weighted by Crippen LogP contribution is -2.50. The Morgan fingerprint density at radius 2 is 2.07 bits per heavy atom. The largest absolute Gasteiger partial charge is 0.451 e. The van der Waals surface area contributed by atoms with Crippen molar-refractivity contribution in [2.24, 2.45) is 17.4 Å². The van der Waals surface area contributed by atoms with E-state index in [-0.39, 0.29) is 42.8 Å². The molecule has 5 atom stereocenters. The average Bonchev–Trinajstić information content (AvgIpc) is 3.51. The summed E-state index contributed by atoms with van der Waals surface area (Å²) in [7, 11) is -5.06. The van der Waals surface area contributed by atoms with E-state index in [1.165, 1.54) is 4.31 Å². The molecule has 3 rings (SSSR count). The number of hydrogen-bond donors (Lipinski definition) is 5. The Balaban J connectivity index is 1.66. The Hall–Kier alpha value is -0.755. The molecule has 0 spiro atoms. The first-order valence-electron chi connectivity index (χ1n) is 10.4. The van der Waals surface area contributed by atoms with Gasteiger partial charge in [0.2, 0.25) is 5.91 Å². The van der Waals surface area contributed by atoms with Gasteiger partial charge in [-0.05, 0) is 51.8 Å². The molecule has 1 heterocycles. The summed E-state index contributed by atoms with van der Waals surface area (Å²) >= 11 is 0. The highest BCUT2D eigenvalue weighted by atomic mass is 32.2. The minimum Gasteiger partial charge on any atom is -0.427 e. The molecule has 3 aliphatic rings. The third-order valence-corrected chi connectivity index (χ3v) is 8.25. The number of rotatable bonds is 10. The smallest absolute Gasteiger partial charge is 0.427 e. The average molecular weight is 431 g/mol. The molecule has 12 heteroatoms. The Bertz CT molecular complexity index is 715. The maximum atomic E-state index is 13.5. The van der Waals surface area contributed by atoms with E-state index >= 15 is 0 Å². The summed E-state index contributed by atoms with van der Waals surface area (Å²) in [4.78, 5) is 11.9. The third-order valence-electron chi connectivity index (χ3n) is 6.21. The summed E-state index contributed by atoms with van der Waals surface area (Å²) in [5.41, 5.74) is 11.3. The van der Waals surface area contributed by atoms with Gasteiger partial charge in [-0.2, -0.15) is 17.0 Å². The fourth-order valence-electron chi connectivity index (χ4n) is 4.20. The van der Waals surface area contributed by atoms with Gasteiger partial charge in [-0.15, -0.1) is 0 Å². The molecular formula is C17H34BN5O5S. The topological polar surface area (TPSA) is 162 Å². The molecule has 0 aromatic rings. The van der Waals surface area contributed by atoms with E-state index in [2.05, 4.69) is 5.32 Å². The van der Waals surface area contributed by atoms with E-state index in [4.69, 9.17) is 21.5 Å². The molecule has 1 aliphatic heterocycles. The lowest BCUT2D eigenvalue weighted by Gasteiger charge is -2.28. The summed E-state index contributed by atoms with van der Waals surface area (Å²) < 4.78 is 30.0. The van der Waals surface area contributed by atoms with Gasteiger partial charge in [0.1, 0.15) is 0 Å². The van der Waals surface area contributed by atoms with Crippen LogP contribution in [0.3, 0.4) is 0 Å². The molecule has 10 nitrogen and oxygen atoms in total. The Morgan fingerprint density at radius 1 is 1.41 bits per heavy atom. The fourth-order valence-corrected chi connectivity index (χ4v) is 6.44. The highest BCUT2D eigenvalue weighted by Gasteiger charge is 2.56. The fraction of sp³-hybridized carbons (Fsp3) is 0.941. The summed E-state index contributed by atoms with van der Waals surface area (Å²) in [6.07, 6.45) is 3.71. The Kier molecular flexibility index (Phi) is 6.64. The number of carbonyl (C=O) groups is 1. The highest BCUT2D eigenvalue weighted by molar-refractivity contribution is 7.86. The van der Waals surface area contributed by atoms with Crippen molar-refractivity contribution in [2.75, 3.05) is 13.1 Å². The van der Waals surface area contributed by atoms with Gasteiger partial charge in [-0.25, -0.2) is 0 Å². The quantitative estimate of drug-likeness (QED) is 0.255. The van der Waals surface area contributed by atoms with Crippen LogP contribution in [0, 0.1) is 5.92 Å². The molecule has 2 saturated carbocycles. The third kappa shape index (κ3) is 5.30. The molecule has 0 unspecified atom stereocenters. The number of nitrogens with two attached hydrogens (primary N) is 2. The first-order chi connectivity index (χ1) is 13.4. The van der Waals surface area contributed by atoms with Crippen LogP contribution in [0.5, 0.6) is 0 Å². The molecule has 1 saturated heterocycles. The van der Waals surface area contributed by atoms with E-state index < -0.39 is 28.9 Å². The number of amides is 1. The number of hydrogen-bond acceptors (Lipinski definition) is 7. The second-order valence-corrected chi connectivity index (χ2v) is 11.0. The lowest BCUT2D eigenvalue weighted by molar-refractivity contribution is -0.122. The zero-order valence-electron chi connectivity index (χ0n) is 17.2. The maximum Gasteiger partial charge on any atom is 0.451 e.